The van der Waals surface area contributed by atoms with Gasteiger partial charge in [-0.15, -0.1) is 0 Å². The highest BCUT2D eigenvalue weighted by atomic mass is 32.2. The third kappa shape index (κ3) is 2.95. The Morgan fingerprint density at radius 1 is 1.22 bits per heavy atom. The normalized spacial score (nSPS) is 13.2. The number of imidazole rings is 1. The van der Waals surface area contributed by atoms with Gasteiger partial charge in [-0.2, -0.15) is 13.2 Å². The van der Waals surface area contributed by atoms with Crippen molar-refractivity contribution in [3.63, 3.8) is 0 Å². The summed E-state index contributed by atoms with van der Waals surface area (Å²) < 4.78 is 38.3. The van der Waals surface area contributed by atoms with Crippen LogP contribution in [0.2, 0.25) is 0 Å². The zero-order valence-electron chi connectivity index (χ0n) is 10.1. The average Bonchev–Trinajstić information content (AvgIpc) is 2.57. The number of nitrogens with zero attached hydrogens (tertiary/aromatic N) is 3. The molecule has 0 spiro atoms. The van der Waals surface area contributed by atoms with Crippen LogP contribution in [0.5, 0.6) is 0 Å². The summed E-state index contributed by atoms with van der Waals surface area (Å²) >= 11 is -0.232. The molecule has 2 heterocycles. The molecule has 0 aromatic carbocycles. The van der Waals surface area contributed by atoms with Crippen LogP contribution in [0.3, 0.4) is 0 Å². The van der Waals surface area contributed by atoms with Crippen molar-refractivity contribution < 1.29 is 13.2 Å². The van der Waals surface area contributed by atoms with E-state index in [0.29, 0.717) is 5.65 Å². The van der Waals surface area contributed by atoms with E-state index in [2.05, 4.69) is 9.97 Å². The van der Waals surface area contributed by atoms with Crippen LogP contribution in [-0.4, -0.2) is 19.9 Å². The molecule has 18 heavy (non-hydrogen) atoms. The Morgan fingerprint density at radius 3 is 2.44 bits per heavy atom. The second kappa shape index (κ2) is 4.15. The fourth-order valence-corrected chi connectivity index (χ4v) is 1.91. The van der Waals surface area contributed by atoms with E-state index in [-0.39, 0.29) is 22.2 Å². The molecular weight excluding hydrogens is 263 g/mol. The molecule has 0 radical (unpaired) electrons. The Morgan fingerprint density at radius 2 is 1.89 bits per heavy atom. The fraction of sp³-hybridized carbons (Fsp3) is 0.455. The topological polar surface area (TPSA) is 30.2 Å². The third-order valence-electron chi connectivity index (χ3n) is 2.31. The van der Waals surface area contributed by atoms with Gasteiger partial charge in [0.25, 0.3) is 0 Å². The third-order valence-corrected chi connectivity index (χ3v) is 2.98. The molecule has 0 N–H and O–H groups in total. The molecule has 0 atom stereocenters. The summed E-state index contributed by atoms with van der Waals surface area (Å²) in [6.45, 7) is 5.98. The molecule has 2 rings (SSSR count). The lowest BCUT2D eigenvalue weighted by Crippen LogP contribution is -2.11. The minimum atomic E-state index is -4.33. The zero-order chi connectivity index (χ0) is 13.6. The van der Waals surface area contributed by atoms with Crippen LogP contribution in [0.4, 0.5) is 13.2 Å². The molecule has 98 valence electrons. The molecule has 0 aliphatic heterocycles. The van der Waals surface area contributed by atoms with Gasteiger partial charge in [0.2, 0.25) is 0 Å². The van der Waals surface area contributed by atoms with Gasteiger partial charge < -0.3 is 0 Å². The molecule has 0 amide bonds. The highest BCUT2D eigenvalue weighted by molar-refractivity contribution is 8.00. The van der Waals surface area contributed by atoms with Gasteiger partial charge >= 0.3 is 5.51 Å². The van der Waals surface area contributed by atoms with Gasteiger partial charge in [0.15, 0.2) is 0 Å². The van der Waals surface area contributed by atoms with E-state index in [9.17, 15) is 13.2 Å². The van der Waals surface area contributed by atoms with Crippen LogP contribution in [-0.2, 0) is 5.41 Å². The quantitative estimate of drug-likeness (QED) is 0.588. The first kappa shape index (κ1) is 13.2. The summed E-state index contributed by atoms with van der Waals surface area (Å²) in [5.41, 5.74) is -3.19. The summed E-state index contributed by atoms with van der Waals surface area (Å²) in [4.78, 5) is 8.07. The maximum Gasteiger partial charge on any atom is 0.447 e. The summed E-state index contributed by atoms with van der Waals surface area (Å²) in [6, 6.07) is 1.34. The minimum absolute atomic E-state index is 0.0962. The number of hydrogen-bond donors (Lipinski definition) is 0. The molecule has 2 aromatic rings. The first-order valence-corrected chi connectivity index (χ1v) is 6.08. The molecule has 0 aliphatic rings. The molecule has 0 saturated heterocycles. The lowest BCUT2D eigenvalue weighted by molar-refractivity contribution is -0.0329. The van der Waals surface area contributed by atoms with Crippen LogP contribution < -0.4 is 0 Å². The zero-order valence-corrected chi connectivity index (χ0v) is 10.9. The van der Waals surface area contributed by atoms with Crippen LogP contribution in [0, 0.1) is 0 Å². The van der Waals surface area contributed by atoms with Crippen LogP contribution in [0.1, 0.15) is 26.5 Å². The highest BCUT2D eigenvalue weighted by Gasteiger charge is 2.30. The van der Waals surface area contributed by atoms with Gasteiger partial charge in [-0.3, -0.25) is 4.40 Å². The van der Waals surface area contributed by atoms with Gasteiger partial charge in [-0.25, -0.2) is 9.97 Å². The number of hydrogen-bond acceptors (Lipinski definition) is 3. The van der Waals surface area contributed by atoms with Crippen molar-refractivity contribution in [3.8, 4) is 0 Å². The number of aromatic nitrogens is 3. The highest BCUT2D eigenvalue weighted by Crippen LogP contribution is 2.36. The molecule has 7 heteroatoms. The predicted octanol–water partition coefficient (Wildman–Crippen LogP) is 3.64. The van der Waals surface area contributed by atoms with E-state index >= 15 is 0 Å². The SMILES string of the molecule is CC(C)(C)c1cn2cnc(SC(F)(F)F)cc2n1. The standard InChI is InChI=1S/C11H12F3N3S/c1-10(2,3)7-5-17-6-15-9(4-8(17)16-7)18-11(12,13)14/h4-6H,1-3H3. The second-order valence-electron chi connectivity index (χ2n) is 4.92. The smallest absolute Gasteiger partial charge is 0.290 e. The van der Waals surface area contributed by atoms with Gasteiger partial charge in [-0.1, -0.05) is 20.8 Å². The van der Waals surface area contributed by atoms with E-state index in [4.69, 9.17) is 0 Å². The Bertz CT molecular complexity index is 569. The number of alkyl halides is 3. The van der Waals surface area contributed by atoms with Crippen LogP contribution in [0.25, 0.3) is 5.65 Å². The number of thioether (sulfide) groups is 1. The Balaban J connectivity index is 2.40. The molecule has 2 aromatic heterocycles. The largest absolute Gasteiger partial charge is 0.447 e. The minimum Gasteiger partial charge on any atom is -0.290 e. The van der Waals surface area contributed by atoms with Crippen LogP contribution in [0.15, 0.2) is 23.6 Å². The van der Waals surface area contributed by atoms with Gasteiger partial charge in [0, 0.05) is 29.4 Å². The van der Waals surface area contributed by atoms with Crippen molar-refractivity contribution in [2.24, 2.45) is 0 Å². The second-order valence-corrected chi connectivity index (χ2v) is 6.00. The van der Waals surface area contributed by atoms with E-state index in [1.165, 1.54) is 12.4 Å². The van der Waals surface area contributed by atoms with Crippen molar-refractivity contribution in [3.05, 3.63) is 24.3 Å². The molecule has 0 fully saturated rings. The first-order chi connectivity index (χ1) is 8.15. The lowest BCUT2D eigenvalue weighted by Gasteiger charge is -2.13. The Labute approximate surface area is 106 Å². The van der Waals surface area contributed by atoms with Gasteiger partial charge in [0.1, 0.15) is 17.0 Å². The fourth-order valence-electron chi connectivity index (χ4n) is 1.41. The summed E-state index contributed by atoms with van der Waals surface area (Å²) in [7, 11) is 0. The van der Waals surface area contributed by atoms with Crippen molar-refractivity contribution >= 4 is 17.4 Å². The van der Waals surface area contributed by atoms with E-state index < -0.39 is 5.51 Å². The van der Waals surface area contributed by atoms with Crippen LogP contribution >= 0.6 is 11.8 Å². The molecule has 0 bridgehead atoms. The van der Waals surface area contributed by atoms with E-state index in [1.807, 2.05) is 20.8 Å². The Hall–Kier alpha value is -1.24. The molecule has 3 nitrogen and oxygen atoms in total. The molecule has 0 saturated carbocycles. The molecular formula is C11H12F3N3S. The van der Waals surface area contributed by atoms with E-state index in [1.54, 1.807) is 10.6 Å². The monoisotopic (exact) mass is 275 g/mol. The summed E-state index contributed by atoms with van der Waals surface area (Å²) in [5, 5.41) is -0.0962. The summed E-state index contributed by atoms with van der Waals surface area (Å²) in [5.74, 6) is 0. The maximum atomic E-state index is 12.2. The average molecular weight is 275 g/mol. The van der Waals surface area contributed by atoms with Crippen molar-refractivity contribution in [2.45, 2.75) is 36.7 Å². The first-order valence-electron chi connectivity index (χ1n) is 5.26. The van der Waals surface area contributed by atoms with E-state index in [0.717, 1.165) is 5.69 Å². The van der Waals surface area contributed by atoms with Crippen molar-refractivity contribution in [1.82, 2.24) is 14.4 Å². The summed E-state index contributed by atoms with van der Waals surface area (Å²) in [6.07, 6.45) is 3.13. The predicted molar refractivity (Wildman–Crippen MR) is 63.6 cm³/mol. The molecule has 0 unspecified atom stereocenters. The van der Waals surface area contributed by atoms with Crippen molar-refractivity contribution in [1.29, 1.82) is 0 Å². The number of halogens is 3. The van der Waals surface area contributed by atoms with Gasteiger partial charge in [-0.05, 0) is 0 Å². The maximum absolute atomic E-state index is 12.2. The van der Waals surface area contributed by atoms with Crippen molar-refractivity contribution in [2.75, 3.05) is 0 Å². The number of rotatable bonds is 1. The molecule has 0 aliphatic carbocycles. The number of fused-ring (bicyclic) bond motifs is 1. The Kier molecular flexibility index (Phi) is 3.04. The lowest BCUT2D eigenvalue weighted by atomic mass is 9.93. The van der Waals surface area contributed by atoms with Gasteiger partial charge in [0.05, 0.1) is 5.69 Å².